The number of hydrogen-bond acceptors (Lipinski definition) is 8. The number of rotatable bonds is 5. The molecule has 0 atom stereocenters. The van der Waals surface area contributed by atoms with Crippen molar-refractivity contribution in [2.24, 2.45) is 0 Å². The van der Waals surface area contributed by atoms with E-state index in [0.717, 1.165) is 34.9 Å². The Hall–Kier alpha value is -4.14. The summed E-state index contributed by atoms with van der Waals surface area (Å²) in [5.41, 5.74) is 5.67. The number of pyridine rings is 1. The van der Waals surface area contributed by atoms with E-state index in [1.54, 1.807) is 37.1 Å². The van der Waals surface area contributed by atoms with Crippen molar-refractivity contribution in [1.29, 1.82) is 5.41 Å². The molecular weight excluding hydrogens is 394 g/mol. The zero-order valence-corrected chi connectivity index (χ0v) is 17.1. The van der Waals surface area contributed by atoms with Crippen LogP contribution in [-0.4, -0.2) is 45.6 Å². The lowest BCUT2D eigenvalue weighted by Gasteiger charge is -2.22. The second-order valence-corrected chi connectivity index (χ2v) is 7.14. The second-order valence-electron chi connectivity index (χ2n) is 7.14. The fourth-order valence-electron chi connectivity index (χ4n) is 3.59. The summed E-state index contributed by atoms with van der Waals surface area (Å²) < 4.78 is 13.1. The third kappa shape index (κ3) is 3.39. The summed E-state index contributed by atoms with van der Waals surface area (Å²) >= 11 is 0. The van der Waals surface area contributed by atoms with Crippen molar-refractivity contribution >= 4 is 28.4 Å². The van der Waals surface area contributed by atoms with E-state index in [9.17, 15) is 0 Å². The van der Waals surface area contributed by atoms with Gasteiger partial charge in [0.05, 0.1) is 41.6 Å². The lowest BCUT2D eigenvalue weighted by molar-refractivity contribution is 0.322. The molecule has 156 valence electrons. The monoisotopic (exact) mass is 415 g/mol. The van der Waals surface area contributed by atoms with Crippen molar-refractivity contribution in [2.45, 2.75) is 6.92 Å². The Labute approximate surface area is 178 Å². The zero-order chi connectivity index (χ0) is 21.4. The lowest BCUT2D eigenvalue weighted by Crippen LogP contribution is -2.18. The van der Waals surface area contributed by atoms with Crippen molar-refractivity contribution in [3.05, 3.63) is 54.6 Å². The Morgan fingerprint density at radius 3 is 2.97 bits per heavy atom. The topological polar surface area (TPSA) is 109 Å². The highest BCUT2D eigenvalue weighted by Crippen LogP contribution is 2.40. The fourth-order valence-corrected chi connectivity index (χ4v) is 3.59. The van der Waals surface area contributed by atoms with Gasteiger partial charge < -0.3 is 25.5 Å². The average molecular weight is 415 g/mol. The van der Waals surface area contributed by atoms with E-state index in [2.05, 4.69) is 25.7 Å². The van der Waals surface area contributed by atoms with Gasteiger partial charge in [0.25, 0.3) is 0 Å². The highest BCUT2D eigenvalue weighted by Gasteiger charge is 2.18. The normalized spacial score (nSPS) is 12.6. The highest BCUT2D eigenvalue weighted by molar-refractivity contribution is 6.02. The van der Waals surface area contributed by atoms with Gasteiger partial charge >= 0.3 is 0 Å². The Bertz CT molecular complexity index is 1300. The quantitative estimate of drug-likeness (QED) is 0.426. The molecule has 0 fully saturated rings. The first-order valence-corrected chi connectivity index (χ1v) is 9.84. The molecule has 4 heterocycles. The van der Waals surface area contributed by atoms with Crippen molar-refractivity contribution < 1.29 is 9.47 Å². The Morgan fingerprint density at radius 2 is 2.13 bits per heavy atom. The molecule has 0 bridgehead atoms. The van der Waals surface area contributed by atoms with Crippen molar-refractivity contribution in [3.63, 3.8) is 0 Å². The number of ether oxygens (including phenoxy) is 2. The molecule has 0 unspecified atom stereocenters. The molecular formula is C22H21N7O2. The number of nitrogens with one attached hydrogen (secondary N) is 3. The van der Waals surface area contributed by atoms with Crippen LogP contribution in [0.4, 0.5) is 17.1 Å². The van der Waals surface area contributed by atoms with Crippen LogP contribution in [0.1, 0.15) is 12.5 Å². The first kappa shape index (κ1) is 18.9. The van der Waals surface area contributed by atoms with Gasteiger partial charge in [-0.2, -0.15) is 5.10 Å². The van der Waals surface area contributed by atoms with E-state index < -0.39 is 0 Å². The lowest BCUT2D eigenvalue weighted by atomic mass is 10.1. The minimum atomic E-state index is 0.398. The summed E-state index contributed by atoms with van der Waals surface area (Å²) in [5, 5.41) is 19.3. The molecule has 0 aliphatic carbocycles. The predicted octanol–water partition coefficient (Wildman–Crippen LogP) is 3.74. The molecule has 9 nitrogen and oxygen atoms in total. The maximum absolute atomic E-state index is 8.19. The van der Waals surface area contributed by atoms with Crippen molar-refractivity contribution in [2.75, 3.05) is 30.9 Å². The van der Waals surface area contributed by atoms with Crippen LogP contribution >= 0.6 is 0 Å². The number of benzene rings is 1. The Balaban J connectivity index is 1.60. The molecule has 0 saturated heterocycles. The summed E-state index contributed by atoms with van der Waals surface area (Å²) in [7, 11) is 1.63. The smallest absolute Gasteiger partial charge is 0.164 e. The molecule has 1 aromatic carbocycles. The number of aromatic nitrogens is 4. The Morgan fingerprint density at radius 1 is 1.23 bits per heavy atom. The average Bonchev–Trinajstić information content (AvgIpc) is 3.22. The van der Waals surface area contributed by atoms with Gasteiger partial charge in [-0.15, -0.1) is 0 Å². The van der Waals surface area contributed by atoms with Gasteiger partial charge in [0.1, 0.15) is 18.1 Å². The number of hydrogen-bond donors (Lipinski definition) is 3. The van der Waals surface area contributed by atoms with Gasteiger partial charge in [0, 0.05) is 48.5 Å². The molecule has 0 radical (unpaired) electrons. The third-order valence-electron chi connectivity index (χ3n) is 5.11. The van der Waals surface area contributed by atoms with Crippen LogP contribution in [0, 0.1) is 5.41 Å². The number of nitrogens with zero attached hydrogens (tertiary/aromatic N) is 4. The van der Waals surface area contributed by atoms with E-state index in [1.807, 2.05) is 30.5 Å². The van der Waals surface area contributed by atoms with Crippen molar-refractivity contribution in [1.82, 2.24) is 19.6 Å². The molecule has 4 aromatic rings. The standard InChI is InChI=1S/C22H21N7O2/c1-13(23)14-11-26-16(15-12-27-29-6-3-4-25-22(15)29)8-17(14)28-19-10-21-18(9-20(19)30-2)24-5-7-31-21/h3-4,6,8-12,23-24H,5,7H2,1-2H3,(H,26,28). The van der Waals surface area contributed by atoms with Crippen LogP contribution in [-0.2, 0) is 0 Å². The molecule has 3 aromatic heterocycles. The van der Waals surface area contributed by atoms with Gasteiger partial charge in [-0.25, -0.2) is 9.50 Å². The molecule has 31 heavy (non-hydrogen) atoms. The van der Waals surface area contributed by atoms with Gasteiger partial charge in [0.2, 0.25) is 0 Å². The molecule has 5 rings (SSSR count). The van der Waals surface area contributed by atoms with E-state index >= 15 is 0 Å². The van der Waals surface area contributed by atoms with Crippen LogP contribution in [0.5, 0.6) is 11.5 Å². The number of methoxy groups -OCH3 is 1. The summed E-state index contributed by atoms with van der Waals surface area (Å²) in [4.78, 5) is 8.99. The highest BCUT2D eigenvalue weighted by atomic mass is 16.5. The summed E-state index contributed by atoms with van der Waals surface area (Å²) in [5.74, 6) is 1.42. The maximum atomic E-state index is 8.19. The van der Waals surface area contributed by atoms with Gasteiger partial charge in [-0.1, -0.05) is 0 Å². The number of fused-ring (bicyclic) bond motifs is 2. The molecule has 0 amide bonds. The molecule has 0 spiro atoms. The van der Waals surface area contributed by atoms with Crippen LogP contribution in [0.25, 0.3) is 16.9 Å². The van der Waals surface area contributed by atoms with Crippen LogP contribution in [0.15, 0.2) is 49.1 Å². The number of anilines is 3. The van der Waals surface area contributed by atoms with Crippen LogP contribution < -0.4 is 20.1 Å². The van der Waals surface area contributed by atoms with Gasteiger partial charge in [-0.05, 0) is 19.1 Å². The maximum Gasteiger partial charge on any atom is 0.164 e. The second kappa shape index (κ2) is 7.60. The van der Waals surface area contributed by atoms with Gasteiger partial charge in [-0.3, -0.25) is 4.98 Å². The van der Waals surface area contributed by atoms with Crippen molar-refractivity contribution in [3.8, 4) is 22.8 Å². The first-order chi connectivity index (χ1) is 15.1. The largest absolute Gasteiger partial charge is 0.494 e. The summed E-state index contributed by atoms with van der Waals surface area (Å²) in [6.45, 7) is 3.09. The van der Waals surface area contributed by atoms with Crippen LogP contribution in [0.3, 0.4) is 0 Å². The fraction of sp³-hybridized carbons (Fsp3) is 0.182. The van der Waals surface area contributed by atoms with Gasteiger partial charge in [0.15, 0.2) is 5.65 Å². The zero-order valence-electron chi connectivity index (χ0n) is 17.1. The molecule has 0 saturated carbocycles. The Kier molecular flexibility index (Phi) is 4.62. The van der Waals surface area contributed by atoms with E-state index in [4.69, 9.17) is 14.9 Å². The molecule has 3 N–H and O–H groups in total. The minimum absolute atomic E-state index is 0.398. The predicted molar refractivity (Wildman–Crippen MR) is 119 cm³/mol. The van der Waals surface area contributed by atoms with E-state index in [0.29, 0.717) is 35.0 Å². The molecule has 9 heteroatoms. The minimum Gasteiger partial charge on any atom is -0.494 e. The first-order valence-electron chi connectivity index (χ1n) is 9.84. The molecule has 1 aliphatic rings. The van der Waals surface area contributed by atoms with E-state index in [-0.39, 0.29) is 0 Å². The summed E-state index contributed by atoms with van der Waals surface area (Å²) in [6, 6.07) is 7.54. The SMILES string of the molecule is COc1cc2c(cc1Nc1cc(-c3cnn4cccnc34)ncc1C(C)=N)OCCN2. The summed E-state index contributed by atoms with van der Waals surface area (Å²) in [6.07, 6.45) is 6.99. The molecule has 1 aliphatic heterocycles. The van der Waals surface area contributed by atoms with Crippen LogP contribution in [0.2, 0.25) is 0 Å². The van der Waals surface area contributed by atoms with E-state index in [1.165, 1.54) is 0 Å². The third-order valence-corrected chi connectivity index (χ3v) is 5.11.